The maximum Gasteiger partial charge on any atom is 0.228 e. The van der Waals surface area contributed by atoms with Gasteiger partial charge in [0, 0.05) is 5.92 Å². The lowest BCUT2D eigenvalue weighted by Gasteiger charge is -2.03. The zero-order valence-electron chi connectivity index (χ0n) is 14.3. The van der Waals surface area contributed by atoms with Gasteiger partial charge in [-0.3, -0.25) is 4.79 Å². The van der Waals surface area contributed by atoms with Gasteiger partial charge in [0.1, 0.15) is 5.52 Å². The van der Waals surface area contributed by atoms with Gasteiger partial charge in [-0.2, -0.15) is 5.10 Å². The van der Waals surface area contributed by atoms with Crippen molar-refractivity contribution in [3.8, 4) is 0 Å². The van der Waals surface area contributed by atoms with Crippen LogP contribution in [0.5, 0.6) is 0 Å². The molecule has 0 aliphatic heterocycles. The van der Waals surface area contributed by atoms with E-state index in [2.05, 4.69) is 31.8 Å². The summed E-state index contributed by atoms with van der Waals surface area (Å²) in [5.74, 6) is 0.721. The molecular weight excluding hydrogens is 330 g/mol. The zero-order valence-corrected chi connectivity index (χ0v) is 14.3. The van der Waals surface area contributed by atoms with Crippen LogP contribution in [-0.2, 0) is 11.3 Å². The van der Waals surface area contributed by atoms with E-state index in [9.17, 15) is 4.79 Å². The molecule has 1 aliphatic carbocycles. The van der Waals surface area contributed by atoms with Gasteiger partial charge in [0.25, 0.3) is 0 Å². The van der Waals surface area contributed by atoms with E-state index >= 15 is 0 Å². The predicted octanol–water partition coefficient (Wildman–Crippen LogP) is 2.18. The van der Waals surface area contributed by atoms with Crippen LogP contribution in [0.15, 0.2) is 36.5 Å². The van der Waals surface area contributed by atoms with Gasteiger partial charge in [0.2, 0.25) is 5.91 Å². The molecule has 1 fully saturated rings. The van der Waals surface area contributed by atoms with E-state index in [1.165, 1.54) is 0 Å². The Morgan fingerprint density at radius 2 is 2.15 bits per heavy atom. The number of imidazole rings is 1. The highest BCUT2D eigenvalue weighted by Crippen LogP contribution is 2.30. The molecule has 3 aromatic heterocycles. The number of aryl methyl sites for hydroxylation is 1. The second kappa shape index (κ2) is 5.62. The lowest BCUT2D eigenvalue weighted by atomic mass is 10.2. The van der Waals surface area contributed by atoms with Crippen LogP contribution in [-0.4, -0.2) is 35.5 Å². The number of hydrogen-bond donors (Lipinski definition) is 1. The van der Waals surface area contributed by atoms with Crippen LogP contribution in [0, 0.1) is 12.8 Å². The van der Waals surface area contributed by atoms with E-state index < -0.39 is 0 Å². The molecule has 4 aromatic rings. The first kappa shape index (κ1) is 15.0. The van der Waals surface area contributed by atoms with Crippen molar-refractivity contribution < 1.29 is 4.79 Å². The summed E-state index contributed by atoms with van der Waals surface area (Å²) in [5.41, 5.74) is 4.54. The maximum atomic E-state index is 11.9. The fraction of sp³-hybridized carbons (Fsp3) is 0.278. The van der Waals surface area contributed by atoms with Crippen molar-refractivity contribution in [2.24, 2.45) is 5.92 Å². The summed E-state index contributed by atoms with van der Waals surface area (Å²) < 4.78 is 3.52. The van der Waals surface area contributed by atoms with Crippen LogP contribution >= 0.6 is 0 Å². The lowest BCUT2D eigenvalue weighted by molar-refractivity contribution is -0.117. The van der Waals surface area contributed by atoms with Crippen LogP contribution in [0.3, 0.4) is 0 Å². The average Bonchev–Trinajstić information content (AvgIpc) is 3.30. The summed E-state index contributed by atoms with van der Waals surface area (Å²) in [6.07, 6.45) is 3.67. The molecule has 1 saturated carbocycles. The number of carbonyl (C=O) groups is 1. The molecule has 0 unspecified atom stereocenters. The number of benzene rings is 1. The highest BCUT2D eigenvalue weighted by atomic mass is 16.2. The number of rotatable bonds is 4. The van der Waals surface area contributed by atoms with Gasteiger partial charge >= 0.3 is 0 Å². The quantitative estimate of drug-likeness (QED) is 0.611. The standard InChI is InChI=1S/C18H17N7O/c1-11-2-6-14-15(8-11)24(23-21-14)9-13-5-7-17-19-16(10-25(17)22-13)20-18(26)12-3-4-12/h2,5-8,10,12H,3-4,9H2,1H3,(H,20,26). The molecule has 1 aromatic carbocycles. The number of anilines is 1. The van der Waals surface area contributed by atoms with Crippen molar-refractivity contribution in [2.75, 3.05) is 5.32 Å². The second-order valence-electron chi connectivity index (χ2n) is 6.76. The molecule has 0 saturated heterocycles. The molecule has 5 rings (SSSR count). The number of hydrogen-bond acceptors (Lipinski definition) is 5. The summed E-state index contributed by atoms with van der Waals surface area (Å²) in [4.78, 5) is 16.3. The summed E-state index contributed by atoms with van der Waals surface area (Å²) in [6, 6.07) is 9.86. The zero-order chi connectivity index (χ0) is 17.7. The SMILES string of the molecule is Cc1ccc2nnn(Cc3ccc4nc(NC(=O)C5CC5)cn4n3)c2c1. The molecule has 1 N–H and O–H groups in total. The summed E-state index contributed by atoms with van der Waals surface area (Å²) >= 11 is 0. The third kappa shape index (κ3) is 2.69. The van der Waals surface area contributed by atoms with Crippen LogP contribution in [0.25, 0.3) is 16.7 Å². The molecule has 0 bridgehead atoms. The van der Waals surface area contributed by atoms with Crippen molar-refractivity contribution >= 4 is 28.4 Å². The fourth-order valence-corrected chi connectivity index (χ4v) is 2.99. The molecular formula is C18H17N7O. The van der Waals surface area contributed by atoms with Gasteiger partial charge < -0.3 is 5.32 Å². The molecule has 0 atom stereocenters. The first-order valence-corrected chi connectivity index (χ1v) is 8.62. The smallest absolute Gasteiger partial charge is 0.228 e. The van der Waals surface area contributed by atoms with Gasteiger partial charge in [-0.1, -0.05) is 11.3 Å². The van der Waals surface area contributed by atoms with E-state index in [1.54, 1.807) is 10.7 Å². The van der Waals surface area contributed by atoms with E-state index in [4.69, 9.17) is 0 Å². The van der Waals surface area contributed by atoms with Crippen LogP contribution in [0.4, 0.5) is 5.82 Å². The number of nitrogens with zero attached hydrogens (tertiary/aromatic N) is 6. The summed E-state index contributed by atoms with van der Waals surface area (Å²) in [5, 5.41) is 15.9. The Balaban J connectivity index is 1.43. The molecule has 8 heteroatoms. The molecule has 130 valence electrons. The summed E-state index contributed by atoms with van der Waals surface area (Å²) in [7, 11) is 0. The fourth-order valence-electron chi connectivity index (χ4n) is 2.99. The van der Waals surface area contributed by atoms with E-state index in [1.807, 2.05) is 35.9 Å². The predicted molar refractivity (Wildman–Crippen MR) is 95.7 cm³/mol. The van der Waals surface area contributed by atoms with Crippen molar-refractivity contribution in [3.63, 3.8) is 0 Å². The molecule has 1 aliphatic rings. The van der Waals surface area contributed by atoms with Crippen LogP contribution in [0.1, 0.15) is 24.1 Å². The number of carbonyl (C=O) groups excluding carboxylic acids is 1. The van der Waals surface area contributed by atoms with Crippen LogP contribution < -0.4 is 5.32 Å². The number of aromatic nitrogens is 6. The number of amides is 1. The minimum absolute atomic E-state index is 0.0399. The van der Waals surface area contributed by atoms with E-state index in [0.717, 1.165) is 35.1 Å². The normalized spacial score (nSPS) is 14.2. The monoisotopic (exact) mass is 347 g/mol. The first-order chi connectivity index (χ1) is 12.7. The van der Waals surface area contributed by atoms with Gasteiger partial charge in [-0.25, -0.2) is 14.2 Å². The number of nitrogens with one attached hydrogen (secondary N) is 1. The Morgan fingerprint density at radius 3 is 3.00 bits per heavy atom. The summed E-state index contributed by atoms with van der Waals surface area (Å²) in [6.45, 7) is 2.56. The highest BCUT2D eigenvalue weighted by Gasteiger charge is 2.30. The highest BCUT2D eigenvalue weighted by molar-refractivity contribution is 5.93. The second-order valence-corrected chi connectivity index (χ2v) is 6.76. The van der Waals surface area contributed by atoms with Gasteiger partial charge in [-0.05, 0) is 49.6 Å². The Kier molecular flexibility index (Phi) is 3.24. The van der Waals surface area contributed by atoms with Crippen LogP contribution in [0.2, 0.25) is 0 Å². The maximum absolute atomic E-state index is 11.9. The minimum Gasteiger partial charge on any atom is -0.309 e. The van der Waals surface area contributed by atoms with Gasteiger partial charge in [0.05, 0.1) is 24.0 Å². The molecule has 26 heavy (non-hydrogen) atoms. The van der Waals surface area contributed by atoms with Crippen molar-refractivity contribution in [2.45, 2.75) is 26.3 Å². The third-order valence-electron chi connectivity index (χ3n) is 4.56. The molecule has 0 spiro atoms. The Labute approximate surface area is 148 Å². The Hall–Kier alpha value is -3.29. The van der Waals surface area contributed by atoms with E-state index in [-0.39, 0.29) is 11.8 Å². The van der Waals surface area contributed by atoms with Crippen molar-refractivity contribution in [1.29, 1.82) is 0 Å². The number of fused-ring (bicyclic) bond motifs is 2. The molecule has 8 nitrogen and oxygen atoms in total. The Bertz CT molecular complexity index is 1140. The van der Waals surface area contributed by atoms with Crippen molar-refractivity contribution in [3.05, 3.63) is 47.8 Å². The molecule has 0 radical (unpaired) electrons. The molecule has 1 amide bonds. The first-order valence-electron chi connectivity index (χ1n) is 8.62. The lowest BCUT2D eigenvalue weighted by Crippen LogP contribution is -2.13. The van der Waals surface area contributed by atoms with Crippen molar-refractivity contribution in [1.82, 2.24) is 29.6 Å². The van der Waals surface area contributed by atoms with Gasteiger partial charge in [0.15, 0.2) is 11.5 Å². The van der Waals surface area contributed by atoms with Gasteiger partial charge in [-0.15, -0.1) is 5.10 Å². The average molecular weight is 347 g/mol. The Morgan fingerprint density at radius 1 is 1.27 bits per heavy atom. The topological polar surface area (TPSA) is 90.0 Å². The molecule has 3 heterocycles. The third-order valence-corrected chi connectivity index (χ3v) is 4.56. The largest absolute Gasteiger partial charge is 0.309 e. The van der Waals surface area contributed by atoms with E-state index in [0.29, 0.717) is 18.0 Å². The minimum atomic E-state index is 0.0399.